The van der Waals surface area contributed by atoms with Crippen molar-refractivity contribution in [2.45, 2.75) is 57.8 Å². The molecule has 212 valence electrons. The molecule has 11 nitrogen and oxygen atoms in total. The van der Waals surface area contributed by atoms with Crippen LogP contribution in [-0.4, -0.2) is 68.3 Å². The maximum atomic E-state index is 13.9. The average molecular weight is 567 g/mol. The molecule has 0 aliphatic rings. The van der Waals surface area contributed by atoms with Crippen LogP contribution in [0.4, 0.5) is 0 Å². The van der Waals surface area contributed by atoms with Gasteiger partial charge in [0.2, 0.25) is 0 Å². The molecule has 3 atom stereocenters. The zero-order valence-electron chi connectivity index (χ0n) is 23.4. The lowest BCUT2D eigenvalue weighted by molar-refractivity contribution is -0.00774. The second kappa shape index (κ2) is 12.2. The number of methoxy groups -OCH3 is 1. The third-order valence-corrected chi connectivity index (χ3v) is 8.44. The molecule has 1 aromatic carbocycles. The largest absolute Gasteiger partial charge is 0.495 e. The molecular weight excluding hydrogens is 532 g/mol. The predicted molar refractivity (Wildman–Crippen MR) is 150 cm³/mol. The van der Waals surface area contributed by atoms with Gasteiger partial charge in [-0.15, -0.1) is 10.2 Å². The molecule has 0 saturated heterocycles. The van der Waals surface area contributed by atoms with E-state index in [1.807, 2.05) is 39.0 Å². The number of hydrogen-bond donors (Lipinski definition) is 1. The van der Waals surface area contributed by atoms with Crippen molar-refractivity contribution in [1.29, 1.82) is 0 Å². The zero-order valence-corrected chi connectivity index (χ0v) is 24.3. The molecule has 0 saturated carbocycles. The van der Waals surface area contributed by atoms with Gasteiger partial charge < -0.3 is 14.6 Å². The number of aliphatic hydroxyl groups excluding tert-OH is 1. The molecule has 0 spiro atoms. The van der Waals surface area contributed by atoms with Gasteiger partial charge in [-0.3, -0.25) is 9.55 Å². The van der Waals surface area contributed by atoms with Gasteiger partial charge in [-0.25, -0.2) is 18.4 Å². The first-order chi connectivity index (χ1) is 19.0. The summed E-state index contributed by atoms with van der Waals surface area (Å²) >= 11 is 0. The highest BCUT2D eigenvalue weighted by molar-refractivity contribution is 7.91. The minimum Gasteiger partial charge on any atom is -0.495 e. The molecule has 0 aliphatic heterocycles. The molecule has 0 amide bonds. The number of nitrogens with zero attached hydrogens (tertiary/aromatic N) is 6. The maximum absolute atomic E-state index is 13.9. The van der Waals surface area contributed by atoms with Crippen molar-refractivity contribution in [3.8, 4) is 22.8 Å². The van der Waals surface area contributed by atoms with Gasteiger partial charge in [0.05, 0.1) is 30.8 Å². The zero-order chi connectivity index (χ0) is 29.0. The molecule has 3 aromatic heterocycles. The first-order valence-corrected chi connectivity index (χ1v) is 14.5. The van der Waals surface area contributed by atoms with Crippen molar-refractivity contribution in [3.63, 3.8) is 0 Å². The van der Waals surface area contributed by atoms with Gasteiger partial charge in [-0.2, -0.15) is 0 Å². The number of benzene rings is 1. The Labute approximate surface area is 234 Å². The molecular formula is C28H34N6O5S. The fourth-order valence-corrected chi connectivity index (χ4v) is 5.69. The lowest BCUT2D eigenvalue weighted by Crippen LogP contribution is -2.32. The van der Waals surface area contributed by atoms with Crippen LogP contribution in [0.15, 0.2) is 49.1 Å². The Morgan fingerprint density at radius 1 is 1.00 bits per heavy atom. The highest BCUT2D eigenvalue weighted by atomic mass is 32.2. The second-order valence-corrected chi connectivity index (χ2v) is 12.2. The van der Waals surface area contributed by atoms with Crippen molar-refractivity contribution >= 4 is 9.84 Å². The van der Waals surface area contributed by atoms with E-state index in [9.17, 15) is 13.5 Å². The number of aryl methyl sites for hydroxylation is 3. The summed E-state index contributed by atoms with van der Waals surface area (Å²) < 4.78 is 41.1. The van der Waals surface area contributed by atoms with Gasteiger partial charge >= 0.3 is 0 Å². The molecule has 0 radical (unpaired) electrons. The van der Waals surface area contributed by atoms with Crippen molar-refractivity contribution < 1.29 is 23.0 Å². The van der Waals surface area contributed by atoms with Gasteiger partial charge in [0.1, 0.15) is 17.6 Å². The summed E-state index contributed by atoms with van der Waals surface area (Å²) in [5, 5.41) is 17.5. The van der Waals surface area contributed by atoms with Gasteiger partial charge in [0.15, 0.2) is 27.3 Å². The summed E-state index contributed by atoms with van der Waals surface area (Å²) in [6.07, 6.45) is 4.78. The summed E-state index contributed by atoms with van der Waals surface area (Å²) in [6.45, 7) is 8.69. The van der Waals surface area contributed by atoms with E-state index in [-0.39, 0.29) is 18.3 Å². The second-order valence-electron chi connectivity index (χ2n) is 9.89. The molecule has 3 heterocycles. The van der Waals surface area contributed by atoms with Crippen LogP contribution in [0, 0.1) is 20.8 Å². The van der Waals surface area contributed by atoms with Crippen molar-refractivity contribution in [2.24, 2.45) is 0 Å². The fourth-order valence-electron chi connectivity index (χ4n) is 4.30. The number of ether oxygens (including phenoxy) is 2. The summed E-state index contributed by atoms with van der Waals surface area (Å²) in [5.74, 6) is 0.953. The van der Waals surface area contributed by atoms with Gasteiger partial charge in [-0.1, -0.05) is 12.1 Å². The Morgan fingerprint density at radius 2 is 1.73 bits per heavy atom. The molecule has 0 aliphatic carbocycles. The van der Waals surface area contributed by atoms with E-state index < -0.39 is 33.0 Å². The molecule has 0 bridgehead atoms. The van der Waals surface area contributed by atoms with Crippen LogP contribution in [0.25, 0.3) is 17.1 Å². The van der Waals surface area contributed by atoms with E-state index in [4.69, 9.17) is 9.47 Å². The van der Waals surface area contributed by atoms with E-state index in [0.717, 1.165) is 16.7 Å². The number of sulfone groups is 1. The van der Waals surface area contributed by atoms with Gasteiger partial charge in [0.25, 0.3) is 0 Å². The Kier molecular flexibility index (Phi) is 8.92. The minimum atomic E-state index is -3.93. The van der Waals surface area contributed by atoms with Crippen molar-refractivity contribution in [1.82, 2.24) is 29.7 Å². The minimum absolute atomic E-state index is 0.0805. The van der Waals surface area contributed by atoms with Crippen molar-refractivity contribution in [3.05, 3.63) is 77.4 Å². The third-order valence-electron chi connectivity index (χ3n) is 6.40. The van der Waals surface area contributed by atoms with Crippen LogP contribution in [-0.2, 0) is 20.3 Å². The summed E-state index contributed by atoms with van der Waals surface area (Å²) in [5.41, 5.74) is 3.91. The smallest absolute Gasteiger partial charge is 0.170 e. The predicted octanol–water partition coefficient (Wildman–Crippen LogP) is 3.50. The number of aromatic nitrogens is 6. The number of hydrogen-bond acceptors (Lipinski definition) is 10. The fraction of sp³-hybridized carbons (Fsp3) is 0.393. The Hall–Kier alpha value is -3.74. The third kappa shape index (κ3) is 6.35. The van der Waals surface area contributed by atoms with E-state index in [1.165, 1.54) is 0 Å². The molecule has 4 aromatic rings. The highest BCUT2D eigenvalue weighted by Gasteiger charge is 2.36. The van der Waals surface area contributed by atoms with E-state index >= 15 is 0 Å². The first kappa shape index (κ1) is 29.2. The summed E-state index contributed by atoms with van der Waals surface area (Å²) in [6, 6.07) is 7.48. The lowest BCUT2D eigenvalue weighted by Gasteiger charge is -2.24. The normalized spacial score (nSPS) is 14.1. The van der Waals surface area contributed by atoms with Crippen molar-refractivity contribution in [2.75, 3.05) is 13.7 Å². The van der Waals surface area contributed by atoms with Crippen LogP contribution < -0.4 is 4.74 Å². The topological polar surface area (TPSA) is 142 Å². The molecule has 0 unspecified atom stereocenters. The number of aliphatic hydroxyl groups is 1. The van der Waals surface area contributed by atoms with Gasteiger partial charge in [-0.05, 0) is 63.4 Å². The molecule has 4 rings (SSSR count). The Balaban J connectivity index is 1.81. The van der Waals surface area contributed by atoms with Gasteiger partial charge in [0, 0.05) is 30.4 Å². The maximum Gasteiger partial charge on any atom is 0.170 e. The van der Waals surface area contributed by atoms with Crippen LogP contribution in [0.3, 0.4) is 0 Å². The molecule has 40 heavy (non-hydrogen) atoms. The Bertz CT molecular complexity index is 1570. The molecule has 1 N–H and O–H groups in total. The quantitative estimate of drug-likeness (QED) is 0.287. The first-order valence-electron chi connectivity index (χ1n) is 12.8. The number of para-hydroxylation sites is 1. The monoisotopic (exact) mass is 566 g/mol. The van der Waals surface area contributed by atoms with E-state index in [1.54, 1.807) is 56.4 Å². The number of rotatable bonds is 11. The van der Waals surface area contributed by atoms with Crippen LogP contribution in [0.2, 0.25) is 0 Å². The lowest BCUT2D eigenvalue weighted by atomic mass is 10.1. The van der Waals surface area contributed by atoms with Crippen LogP contribution >= 0.6 is 0 Å². The van der Waals surface area contributed by atoms with E-state index in [2.05, 4.69) is 25.1 Å². The summed E-state index contributed by atoms with van der Waals surface area (Å²) in [4.78, 5) is 12.9. The highest BCUT2D eigenvalue weighted by Crippen LogP contribution is 2.33. The molecule has 12 heteroatoms. The Morgan fingerprint density at radius 3 is 2.38 bits per heavy atom. The standard InChI is InChI=1S/C28H34N6O5S/c1-17-10-22(14-29-11-17)28-33-32-24(34(28)25-19(3)8-7-9-23(25)38-6)16-40(36,37)21(5)26(39-15-20(4)35)27-30-12-18(2)13-31-27/h7-14,20-21,26,35H,15-16H2,1-6H3/t20-,21+,26+/m1/s1. The van der Waals surface area contributed by atoms with Crippen LogP contribution in [0.1, 0.15) is 48.3 Å². The summed E-state index contributed by atoms with van der Waals surface area (Å²) in [7, 11) is -2.37. The molecule has 0 fully saturated rings. The number of pyridine rings is 1. The average Bonchev–Trinajstić information content (AvgIpc) is 3.31. The van der Waals surface area contributed by atoms with Crippen LogP contribution in [0.5, 0.6) is 5.75 Å². The SMILES string of the molecule is COc1cccc(C)c1-n1c(CS(=O)(=O)[C@@H](C)[C@H](OC[C@@H](C)O)c2ncc(C)cn2)nnc1-c1cncc(C)c1. The van der Waals surface area contributed by atoms with E-state index in [0.29, 0.717) is 22.8 Å².